The number of fused-ring (bicyclic) bond motifs is 1. The van der Waals surface area contributed by atoms with E-state index < -0.39 is 0 Å². The minimum Gasteiger partial charge on any atom is -0.352 e. The van der Waals surface area contributed by atoms with E-state index in [1.54, 1.807) is 48.3 Å². The number of amides is 2. The summed E-state index contributed by atoms with van der Waals surface area (Å²) in [6.45, 7) is 1.85. The molecule has 1 unspecified atom stereocenters. The maximum absolute atomic E-state index is 12.6. The van der Waals surface area contributed by atoms with Gasteiger partial charge in [-0.25, -0.2) is 4.98 Å². The Morgan fingerprint density at radius 2 is 2.14 bits per heavy atom. The van der Waals surface area contributed by atoms with Crippen LogP contribution in [0.1, 0.15) is 37.8 Å². The van der Waals surface area contributed by atoms with E-state index in [2.05, 4.69) is 25.7 Å². The van der Waals surface area contributed by atoms with Gasteiger partial charge in [0.1, 0.15) is 0 Å². The Hall–Kier alpha value is -3.07. The first-order valence-corrected chi connectivity index (χ1v) is 10.5. The number of thiazole rings is 1. The Kier molecular flexibility index (Phi) is 5.95. The first kappa shape index (κ1) is 19.3. The number of nitrogens with one attached hydrogen (secondary N) is 2. The molecule has 3 aromatic rings. The van der Waals surface area contributed by atoms with Gasteiger partial charge in [0.25, 0.3) is 11.8 Å². The third kappa shape index (κ3) is 4.68. The van der Waals surface area contributed by atoms with E-state index in [0.717, 1.165) is 30.1 Å². The number of aryl methyl sites for hydroxylation is 1. The lowest BCUT2D eigenvalue weighted by Crippen LogP contribution is -2.34. The molecule has 0 saturated carbocycles. The van der Waals surface area contributed by atoms with Gasteiger partial charge >= 0.3 is 0 Å². The maximum Gasteiger partial charge on any atom is 0.254 e. The minimum atomic E-state index is -0.127. The summed E-state index contributed by atoms with van der Waals surface area (Å²) in [6.07, 6.45) is 8.95. The lowest BCUT2D eigenvalue weighted by Gasteiger charge is -2.24. The number of aromatic nitrogens is 4. The minimum absolute atomic E-state index is 0.108. The number of hydrogen-bond donors (Lipinski definition) is 2. The van der Waals surface area contributed by atoms with E-state index in [1.807, 2.05) is 10.1 Å². The fourth-order valence-electron chi connectivity index (χ4n) is 3.45. The molecule has 29 heavy (non-hydrogen) atoms. The molecule has 150 valence electrons. The molecule has 0 aliphatic carbocycles. The van der Waals surface area contributed by atoms with E-state index in [1.165, 1.54) is 0 Å². The first-order valence-electron chi connectivity index (χ1n) is 9.60. The molecule has 0 radical (unpaired) electrons. The van der Waals surface area contributed by atoms with Crippen molar-refractivity contribution in [1.29, 1.82) is 0 Å². The third-order valence-electron chi connectivity index (χ3n) is 5.01. The summed E-state index contributed by atoms with van der Waals surface area (Å²) in [6, 6.07) is 3.49. The van der Waals surface area contributed by atoms with E-state index in [9.17, 15) is 9.59 Å². The highest BCUT2D eigenvalue weighted by Gasteiger charge is 2.25. The van der Waals surface area contributed by atoms with Crippen LogP contribution in [-0.4, -0.2) is 44.7 Å². The van der Waals surface area contributed by atoms with Crippen molar-refractivity contribution in [2.45, 2.75) is 25.8 Å². The standard InChI is InChI=1S/C20H22N6O2S/c27-19(15-2-1-5-21-12-15)24-11-14-4-8-26-17(10-14)16(13-25-26)20(28)23-6-3-18-22-7-9-29-18/h1-2,5,7,9,12-14H,3-4,6,8,10-11H2,(H,23,28)(H,24,27). The van der Waals surface area contributed by atoms with Crippen molar-refractivity contribution < 1.29 is 9.59 Å². The molecule has 9 heteroatoms. The fourth-order valence-corrected chi connectivity index (χ4v) is 4.07. The predicted octanol–water partition coefficient (Wildman–Crippen LogP) is 1.70. The zero-order valence-corrected chi connectivity index (χ0v) is 16.7. The maximum atomic E-state index is 12.6. The number of carbonyl (C=O) groups is 2. The summed E-state index contributed by atoms with van der Waals surface area (Å²) >= 11 is 1.58. The summed E-state index contributed by atoms with van der Waals surface area (Å²) < 4.78 is 1.90. The van der Waals surface area contributed by atoms with Crippen molar-refractivity contribution in [1.82, 2.24) is 30.4 Å². The second kappa shape index (κ2) is 8.95. The third-order valence-corrected chi connectivity index (χ3v) is 5.85. The molecule has 1 atom stereocenters. The van der Waals surface area contributed by atoms with Gasteiger partial charge in [0, 0.05) is 50.0 Å². The van der Waals surface area contributed by atoms with Gasteiger partial charge in [-0.15, -0.1) is 11.3 Å². The van der Waals surface area contributed by atoms with Crippen LogP contribution in [0.5, 0.6) is 0 Å². The zero-order valence-electron chi connectivity index (χ0n) is 15.9. The smallest absolute Gasteiger partial charge is 0.254 e. The average molecular weight is 411 g/mol. The van der Waals surface area contributed by atoms with Crippen molar-refractivity contribution in [3.63, 3.8) is 0 Å². The molecule has 0 saturated heterocycles. The van der Waals surface area contributed by atoms with E-state index in [4.69, 9.17) is 0 Å². The van der Waals surface area contributed by atoms with Crippen LogP contribution in [0.15, 0.2) is 42.3 Å². The number of hydrogen-bond acceptors (Lipinski definition) is 6. The largest absolute Gasteiger partial charge is 0.352 e. The van der Waals surface area contributed by atoms with Crippen LogP contribution in [-0.2, 0) is 19.4 Å². The topological polar surface area (TPSA) is 102 Å². The van der Waals surface area contributed by atoms with Gasteiger partial charge in [-0.1, -0.05) is 0 Å². The van der Waals surface area contributed by atoms with Crippen LogP contribution in [0.3, 0.4) is 0 Å². The second-order valence-electron chi connectivity index (χ2n) is 6.97. The summed E-state index contributed by atoms with van der Waals surface area (Å²) in [5.41, 5.74) is 2.10. The molecule has 1 aliphatic heterocycles. The number of pyridine rings is 1. The molecule has 4 heterocycles. The Morgan fingerprint density at radius 1 is 1.21 bits per heavy atom. The van der Waals surface area contributed by atoms with Crippen LogP contribution < -0.4 is 10.6 Å². The van der Waals surface area contributed by atoms with Gasteiger partial charge in [0.15, 0.2) is 0 Å². The first-order chi connectivity index (χ1) is 14.2. The van der Waals surface area contributed by atoms with Crippen molar-refractivity contribution >= 4 is 23.2 Å². The molecule has 3 aromatic heterocycles. The molecule has 0 bridgehead atoms. The van der Waals surface area contributed by atoms with Gasteiger partial charge in [-0.05, 0) is 30.9 Å². The van der Waals surface area contributed by atoms with E-state index in [-0.39, 0.29) is 17.7 Å². The van der Waals surface area contributed by atoms with Gasteiger partial charge in [0.2, 0.25) is 0 Å². The van der Waals surface area contributed by atoms with Crippen molar-refractivity contribution in [2.75, 3.05) is 13.1 Å². The SMILES string of the molecule is O=C(NCC1CCn2ncc(C(=O)NCCc3nccs3)c2C1)c1cccnc1. The van der Waals surface area contributed by atoms with E-state index in [0.29, 0.717) is 30.6 Å². The average Bonchev–Trinajstić information content (AvgIpc) is 3.42. The predicted molar refractivity (Wildman–Crippen MR) is 109 cm³/mol. The van der Waals surface area contributed by atoms with Crippen LogP contribution >= 0.6 is 11.3 Å². The Labute approximate surface area is 172 Å². The Balaban J connectivity index is 1.32. The highest BCUT2D eigenvalue weighted by Crippen LogP contribution is 2.22. The number of carbonyl (C=O) groups excluding carboxylic acids is 2. The van der Waals surface area contributed by atoms with Gasteiger partial charge in [-0.3, -0.25) is 19.3 Å². The Bertz CT molecular complexity index is 970. The van der Waals surface area contributed by atoms with Gasteiger partial charge in [0.05, 0.1) is 28.0 Å². The molecular weight excluding hydrogens is 388 g/mol. The molecule has 0 spiro atoms. The lowest BCUT2D eigenvalue weighted by atomic mass is 9.94. The van der Waals surface area contributed by atoms with Gasteiger partial charge < -0.3 is 10.6 Å². The van der Waals surface area contributed by atoms with Gasteiger partial charge in [-0.2, -0.15) is 5.10 Å². The van der Waals surface area contributed by atoms with Crippen molar-refractivity contribution in [2.24, 2.45) is 5.92 Å². The molecule has 1 aliphatic rings. The molecule has 2 N–H and O–H groups in total. The lowest BCUT2D eigenvalue weighted by molar-refractivity contribution is 0.0935. The molecule has 2 amide bonds. The summed E-state index contributed by atoms with van der Waals surface area (Å²) in [5.74, 6) is 0.0295. The molecule has 4 rings (SSSR count). The molecule has 8 nitrogen and oxygen atoms in total. The fraction of sp³-hybridized carbons (Fsp3) is 0.350. The molecule has 0 aromatic carbocycles. The highest BCUT2D eigenvalue weighted by atomic mass is 32.1. The van der Waals surface area contributed by atoms with Crippen molar-refractivity contribution in [3.05, 3.63) is 64.1 Å². The highest BCUT2D eigenvalue weighted by molar-refractivity contribution is 7.09. The monoisotopic (exact) mass is 410 g/mol. The normalized spacial score (nSPS) is 15.5. The number of rotatable bonds is 7. The van der Waals surface area contributed by atoms with Crippen LogP contribution in [0.4, 0.5) is 0 Å². The van der Waals surface area contributed by atoms with Crippen molar-refractivity contribution in [3.8, 4) is 0 Å². The van der Waals surface area contributed by atoms with E-state index >= 15 is 0 Å². The molecule has 0 fully saturated rings. The summed E-state index contributed by atoms with van der Waals surface area (Å²) in [7, 11) is 0. The Morgan fingerprint density at radius 3 is 2.93 bits per heavy atom. The summed E-state index contributed by atoms with van der Waals surface area (Å²) in [5, 5.41) is 13.2. The number of nitrogens with zero attached hydrogens (tertiary/aromatic N) is 4. The van der Waals surface area contributed by atoms with Crippen LogP contribution in [0.25, 0.3) is 0 Å². The molecular formula is C20H22N6O2S. The van der Waals surface area contributed by atoms with Crippen LogP contribution in [0, 0.1) is 5.92 Å². The van der Waals surface area contributed by atoms with Crippen LogP contribution in [0.2, 0.25) is 0 Å². The zero-order chi connectivity index (χ0) is 20.1. The second-order valence-corrected chi connectivity index (χ2v) is 7.95. The quantitative estimate of drug-likeness (QED) is 0.617. The summed E-state index contributed by atoms with van der Waals surface area (Å²) in [4.78, 5) is 33.0.